The van der Waals surface area contributed by atoms with Crippen LogP contribution in [0.25, 0.3) is 10.9 Å². The number of pyridine rings is 1. The predicted molar refractivity (Wildman–Crippen MR) is 105 cm³/mol. The molecule has 1 aromatic carbocycles. The second-order valence-corrected chi connectivity index (χ2v) is 8.68. The third kappa shape index (κ3) is 3.74. The lowest BCUT2D eigenvalue weighted by molar-refractivity contribution is -0.0861. The number of piperidine rings is 1. The number of hydrogen-bond donors (Lipinski definition) is 0. The summed E-state index contributed by atoms with van der Waals surface area (Å²) in [5.41, 5.74) is 0.966. The Balaban J connectivity index is 1.53. The van der Waals surface area contributed by atoms with Gasteiger partial charge in [-0.15, -0.1) is 0 Å². The van der Waals surface area contributed by atoms with Crippen molar-refractivity contribution in [2.24, 2.45) is 5.92 Å². The SMILES string of the molecule is CC(C)(C)OC(=O)N1C2COCC1CC(C(=O)c1cnc3ccccc3c1)C2. The average molecular weight is 382 g/mol. The number of ether oxygens (including phenoxy) is 2. The van der Waals surface area contributed by atoms with Crippen LogP contribution in [0.1, 0.15) is 44.0 Å². The van der Waals surface area contributed by atoms with Gasteiger partial charge in [0.1, 0.15) is 5.60 Å². The van der Waals surface area contributed by atoms with Gasteiger partial charge in [-0.2, -0.15) is 0 Å². The number of carbonyl (C=O) groups is 2. The van der Waals surface area contributed by atoms with Crippen molar-refractivity contribution in [2.75, 3.05) is 13.2 Å². The van der Waals surface area contributed by atoms with Gasteiger partial charge in [0, 0.05) is 23.1 Å². The van der Waals surface area contributed by atoms with Gasteiger partial charge < -0.3 is 9.47 Å². The molecule has 2 aliphatic heterocycles. The molecule has 0 spiro atoms. The number of para-hydroxylation sites is 1. The maximum absolute atomic E-state index is 13.2. The van der Waals surface area contributed by atoms with E-state index in [1.54, 1.807) is 11.1 Å². The summed E-state index contributed by atoms with van der Waals surface area (Å²) in [6.07, 6.45) is 2.52. The van der Waals surface area contributed by atoms with Crippen LogP contribution in [0.15, 0.2) is 36.5 Å². The first-order valence-electron chi connectivity index (χ1n) is 9.80. The van der Waals surface area contributed by atoms with Crippen LogP contribution in [-0.2, 0) is 9.47 Å². The van der Waals surface area contributed by atoms with Gasteiger partial charge in [-0.1, -0.05) is 18.2 Å². The van der Waals surface area contributed by atoms with Crippen LogP contribution >= 0.6 is 0 Å². The van der Waals surface area contributed by atoms with Crippen molar-refractivity contribution in [3.63, 3.8) is 0 Å². The third-order valence-corrected chi connectivity index (χ3v) is 5.37. The van der Waals surface area contributed by atoms with E-state index < -0.39 is 5.60 Å². The number of carbonyl (C=O) groups excluding carboxylic acids is 2. The first-order valence-corrected chi connectivity index (χ1v) is 9.80. The Morgan fingerprint density at radius 1 is 1.14 bits per heavy atom. The Morgan fingerprint density at radius 3 is 2.50 bits per heavy atom. The first kappa shape index (κ1) is 18.9. The van der Waals surface area contributed by atoms with Crippen LogP contribution in [0.2, 0.25) is 0 Å². The molecule has 0 aliphatic carbocycles. The van der Waals surface area contributed by atoms with Crippen molar-refractivity contribution < 1.29 is 19.1 Å². The lowest BCUT2D eigenvalue weighted by Gasteiger charge is -2.47. The minimum atomic E-state index is -0.546. The van der Waals surface area contributed by atoms with Crippen LogP contribution in [0, 0.1) is 5.92 Å². The predicted octanol–water partition coefficient (Wildman–Crippen LogP) is 3.83. The molecule has 1 amide bonds. The Kier molecular flexibility index (Phi) is 4.83. The zero-order valence-corrected chi connectivity index (χ0v) is 16.6. The number of morpholine rings is 1. The zero-order chi connectivity index (χ0) is 19.9. The van der Waals surface area contributed by atoms with E-state index in [-0.39, 0.29) is 29.9 Å². The zero-order valence-electron chi connectivity index (χ0n) is 16.6. The van der Waals surface area contributed by atoms with Crippen LogP contribution in [0.3, 0.4) is 0 Å². The molecule has 6 heteroatoms. The molecule has 2 unspecified atom stereocenters. The molecule has 2 aliphatic rings. The normalized spacial score (nSPS) is 24.8. The summed E-state index contributed by atoms with van der Waals surface area (Å²) in [5, 5.41) is 0.961. The Morgan fingerprint density at radius 2 is 1.82 bits per heavy atom. The number of amides is 1. The van der Waals surface area contributed by atoms with Gasteiger partial charge in [-0.05, 0) is 45.7 Å². The molecule has 4 rings (SSSR count). The highest BCUT2D eigenvalue weighted by molar-refractivity contribution is 6.00. The monoisotopic (exact) mass is 382 g/mol. The van der Waals surface area contributed by atoms with Gasteiger partial charge in [-0.25, -0.2) is 4.79 Å². The van der Waals surface area contributed by atoms with Gasteiger partial charge in [0.05, 0.1) is 30.8 Å². The van der Waals surface area contributed by atoms with Gasteiger partial charge in [-0.3, -0.25) is 14.7 Å². The number of Topliss-reactive ketones (excluding diaryl/α,β-unsaturated/α-hetero) is 1. The second kappa shape index (κ2) is 7.17. The summed E-state index contributed by atoms with van der Waals surface area (Å²) in [5.74, 6) is -0.0421. The standard InChI is InChI=1S/C22H26N2O4/c1-22(2,3)28-21(26)24-17-9-15(10-18(24)13-27-12-17)20(25)16-8-14-6-4-5-7-19(14)23-11-16/h4-8,11,15,17-18H,9-10,12-13H2,1-3H3. The summed E-state index contributed by atoms with van der Waals surface area (Å²) in [6, 6.07) is 9.42. The third-order valence-electron chi connectivity index (χ3n) is 5.37. The van der Waals surface area contributed by atoms with Crippen LogP contribution in [0.5, 0.6) is 0 Å². The number of hydrogen-bond acceptors (Lipinski definition) is 5. The van der Waals surface area contributed by atoms with Crippen LogP contribution in [-0.4, -0.2) is 52.7 Å². The number of fused-ring (bicyclic) bond motifs is 3. The fourth-order valence-corrected chi connectivity index (χ4v) is 4.18. The van der Waals surface area contributed by atoms with E-state index in [2.05, 4.69) is 4.98 Å². The van der Waals surface area contributed by atoms with Crippen molar-refractivity contribution in [1.82, 2.24) is 9.88 Å². The summed E-state index contributed by atoms with van der Waals surface area (Å²) >= 11 is 0. The Hall–Kier alpha value is -2.47. The Bertz CT molecular complexity index is 891. The molecule has 28 heavy (non-hydrogen) atoms. The van der Waals surface area contributed by atoms with Gasteiger partial charge in [0.15, 0.2) is 5.78 Å². The van der Waals surface area contributed by atoms with Gasteiger partial charge in [0.25, 0.3) is 0 Å². The van der Waals surface area contributed by atoms with Crippen molar-refractivity contribution in [3.05, 3.63) is 42.1 Å². The highest BCUT2D eigenvalue weighted by atomic mass is 16.6. The molecule has 2 fully saturated rings. The van der Waals surface area contributed by atoms with Gasteiger partial charge in [0.2, 0.25) is 0 Å². The van der Waals surface area contributed by atoms with Crippen LogP contribution in [0.4, 0.5) is 4.79 Å². The van der Waals surface area contributed by atoms with Gasteiger partial charge >= 0.3 is 6.09 Å². The van der Waals surface area contributed by atoms with E-state index in [4.69, 9.17) is 9.47 Å². The highest BCUT2D eigenvalue weighted by Gasteiger charge is 2.45. The molecule has 0 radical (unpaired) electrons. The van der Waals surface area contributed by atoms with E-state index >= 15 is 0 Å². The summed E-state index contributed by atoms with van der Waals surface area (Å²) in [6.45, 7) is 6.46. The molecule has 3 heterocycles. The number of ketones is 1. The molecule has 2 bridgehead atoms. The first-order chi connectivity index (χ1) is 13.3. The van der Waals surface area contributed by atoms with Crippen molar-refractivity contribution in [1.29, 1.82) is 0 Å². The van der Waals surface area contributed by atoms with Crippen molar-refractivity contribution in [3.8, 4) is 0 Å². The topological polar surface area (TPSA) is 68.7 Å². The van der Waals surface area contributed by atoms with Crippen molar-refractivity contribution >= 4 is 22.8 Å². The molecule has 2 aromatic rings. The molecule has 1 aromatic heterocycles. The lowest BCUT2D eigenvalue weighted by atomic mass is 9.81. The van der Waals surface area contributed by atoms with Crippen LogP contribution < -0.4 is 0 Å². The maximum Gasteiger partial charge on any atom is 0.410 e. The maximum atomic E-state index is 13.2. The van der Waals surface area contributed by atoms with E-state index in [0.717, 1.165) is 10.9 Å². The fraction of sp³-hybridized carbons (Fsp3) is 0.500. The largest absolute Gasteiger partial charge is 0.444 e. The van der Waals surface area contributed by atoms with E-state index in [1.165, 1.54) is 0 Å². The molecule has 0 saturated carbocycles. The number of benzene rings is 1. The summed E-state index contributed by atoms with van der Waals surface area (Å²) < 4.78 is 11.2. The molecule has 2 atom stereocenters. The quantitative estimate of drug-likeness (QED) is 0.739. The smallest absolute Gasteiger partial charge is 0.410 e. The average Bonchev–Trinajstić information content (AvgIpc) is 2.64. The van der Waals surface area contributed by atoms with Crippen molar-refractivity contribution in [2.45, 2.75) is 51.3 Å². The molecule has 6 nitrogen and oxygen atoms in total. The molecule has 0 N–H and O–H groups in total. The lowest BCUT2D eigenvalue weighted by Crippen LogP contribution is -2.60. The minimum absolute atomic E-state index is 0.0963. The second-order valence-electron chi connectivity index (χ2n) is 8.68. The fourth-order valence-electron chi connectivity index (χ4n) is 4.18. The van der Waals surface area contributed by atoms with E-state index in [0.29, 0.717) is 31.6 Å². The Labute approximate surface area is 164 Å². The minimum Gasteiger partial charge on any atom is -0.444 e. The van der Waals surface area contributed by atoms with E-state index in [9.17, 15) is 9.59 Å². The summed E-state index contributed by atoms with van der Waals surface area (Å²) in [7, 11) is 0. The van der Waals surface area contributed by atoms with E-state index in [1.807, 2.05) is 51.1 Å². The number of rotatable bonds is 2. The highest BCUT2D eigenvalue weighted by Crippen LogP contribution is 2.34. The summed E-state index contributed by atoms with van der Waals surface area (Å²) in [4.78, 5) is 32.0. The number of aromatic nitrogens is 1. The molecule has 148 valence electrons. The molecular formula is C22H26N2O4. The molecular weight excluding hydrogens is 356 g/mol. The molecule has 2 saturated heterocycles. The number of nitrogens with zero attached hydrogens (tertiary/aromatic N) is 2.